The highest BCUT2D eigenvalue weighted by Crippen LogP contribution is 2.25. The maximum absolute atomic E-state index is 12.4. The Morgan fingerprint density at radius 2 is 2.45 bits per heavy atom. The van der Waals surface area contributed by atoms with E-state index in [9.17, 15) is 4.79 Å². The number of amides is 1. The second-order valence-electron chi connectivity index (χ2n) is 5.76. The van der Waals surface area contributed by atoms with Crippen LogP contribution in [0.1, 0.15) is 13.3 Å². The predicted octanol–water partition coefficient (Wildman–Crippen LogP) is 0.807. The molecule has 7 heteroatoms. The fourth-order valence-corrected chi connectivity index (χ4v) is 3.24. The Morgan fingerprint density at radius 1 is 1.59 bits per heavy atom. The number of carbonyl (C=O) groups is 1. The van der Waals surface area contributed by atoms with Crippen molar-refractivity contribution in [3.8, 4) is 0 Å². The summed E-state index contributed by atoms with van der Waals surface area (Å²) >= 11 is 6.18. The van der Waals surface area contributed by atoms with Crippen LogP contribution in [0.2, 0.25) is 5.02 Å². The molecule has 1 aromatic rings. The molecule has 0 aromatic carbocycles. The Kier molecular flexibility index (Phi) is 4.81. The molecule has 2 saturated heterocycles. The molecule has 0 spiro atoms. The van der Waals surface area contributed by atoms with Crippen LogP contribution in [0.5, 0.6) is 0 Å². The van der Waals surface area contributed by atoms with E-state index in [0.29, 0.717) is 18.2 Å². The van der Waals surface area contributed by atoms with Gasteiger partial charge in [-0.15, -0.1) is 0 Å². The average Bonchev–Trinajstić information content (AvgIpc) is 2.96. The lowest BCUT2D eigenvalue weighted by atomic mass is 10.1. The number of rotatable bonds is 3. The first-order valence-corrected chi connectivity index (χ1v) is 8.04. The van der Waals surface area contributed by atoms with Gasteiger partial charge in [0.2, 0.25) is 5.91 Å². The van der Waals surface area contributed by atoms with Gasteiger partial charge in [0, 0.05) is 31.9 Å². The minimum atomic E-state index is -0.277. The van der Waals surface area contributed by atoms with Crippen molar-refractivity contribution >= 4 is 23.3 Å². The van der Waals surface area contributed by atoms with E-state index < -0.39 is 0 Å². The summed E-state index contributed by atoms with van der Waals surface area (Å²) < 4.78 is 5.52. The SMILES string of the molecule is C[C@H]1OCCN[C@@H]1C(=O)NC1CCN(c2ncccc2Cl)C1. The van der Waals surface area contributed by atoms with Gasteiger partial charge >= 0.3 is 0 Å². The zero-order chi connectivity index (χ0) is 15.5. The maximum atomic E-state index is 12.4. The number of morpholine rings is 1. The van der Waals surface area contributed by atoms with Gasteiger partial charge in [-0.25, -0.2) is 4.98 Å². The average molecular weight is 325 g/mol. The highest BCUT2D eigenvalue weighted by molar-refractivity contribution is 6.32. The molecule has 0 aliphatic carbocycles. The van der Waals surface area contributed by atoms with Crippen LogP contribution in [0.25, 0.3) is 0 Å². The van der Waals surface area contributed by atoms with Crippen molar-refractivity contribution in [3.63, 3.8) is 0 Å². The first-order chi connectivity index (χ1) is 10.6. The quantitative estimate of drug-likeness (QED) is 0.861. The number of hydrogen-bond donors (Lipinski definition) is 2. The molecule has 120 valence electrons. The van der Waals surface area contributed by atoms with Gasteiger partial charge in [-0.3, -0.25) is 4.79 Å². The van der Waals surface area contributed by atoms with Crippen LogP contribution in [0.4, 0.5) is 5.82 Å². The zero-order valence-corrected chi connectivity index (χ0v) is 13.3. The van der Waals surface area contributed by atoms with Crippen LogP contribution in [-0.4, -0.2) is 55.3 Å². The van der Waals surface area contributed by atoms with Crippen molar-refractivity contribution in [1.29, 1.82) is 0 Å². The molecule has 0 radical (unpaired) electrons. The molecule has 22 heavy (non-hydrogen) atoms. The van der Waals surface area contributed by atoms with E-state index in [-0.39, 0.29) is 24.1 Å². The molecule has 1 unspecified atom stereocenters. The van der Waals surface area contributed by atoms with E-state index in [1.165, 1.54) is 0 Å². The molecule has 0 saturated carbocycles. The number of aromatic nitrogens is 1. The third-order valence-corrected chi connectivity index (χ3v) is 4.47. The van der Waals surface area contributed by atoms with Crippen molar-refractivity contribution in [2.45, 2.75) is 31.5 Å². The van der Waals surface area contributed by atoms with Crippen molar-refractivity contribution in [2.75, 3.05) is 31.1 Å². The first kappa shape index (κ1) is 15.5. The topological polar surface area (TPSA) is 66.5 Å². The third kappa shape index (κ3) is 3.34. The van der Waals surface area contributed by atoms with Gasteiger partial charge in [0.1, 0.15) is 11.9 Å². The summed E-state index contributed by atoms with van der Waals surface area (Å²) in [6, 6.07) is 3.49. The summed E-state index contributed by atoms with van der Waals surface area (Å²) in [5, 5.41) is 6.96. The van der Waals surface area contributed by atoms with Gasteiger partial charge < -0.3 is 20.3 Å². The number of anilines is 1. The second-order valence-corrected chi connectivity index (χ2v) is 6.16. The lowest BCUT2D eigenvalue weighted by Crippen LogP contribution is -2.57. The molecule has 3 rings (SSSR count). The Morgan fingerprint density at radius 3 is 3.23 bits per heavy atom. The lowest BCUT2D eigenvalue weighted by Gasteiger charge is -2.30. The summed E-state index contributed by atoms with van der Waals surface area (Å²) in [5.74, 6) is 0.791. The van der Waals surface area contributed by atoms with E-state index in [0.717, 1.165) is 25.3 Å². The van der Waals surface area contributed by atoms with Crippen LogP contribution >= 0.6 is 11.6 Å². The fourth-order valence-electron chi connectivity index (χ4n) is 3.00. The summed E-state index contributed by atoms with van der Waals surface area (Å²) in [6.07, 6.45) is 2.52. The summed E-state index contributed by atoms with van der Waals surface area (Å²) in [6.45, 7) is 4.85. The number of hydrogen-bond acceptors (Lipinski definition) is 5. The lowest BCUT2D eigenvalue weighted by molar-refractivity contribution is -0.129. The maximum Gasteiger partial charge on any atom is 0.240 e. The number of nitrogens with one attached hydrogen (secondary N) is 2. The summed E-state index contributed by atoms with van der Waals surface area (Å²) in [5.41, 5.74) is 0. The van der Waals surface area contributed by atoms with Crippen molar-refractivity contribution < 1.29 is 9.53 Å². The van der Waals surface area contributed by atoms with E-state index in [2.05, 4.69) is 20.5 Å². The molecule has 0 bridgehead atoms. The van der Waals surface area contributed by atoms with Gasteiger partial charge in [-0.05, 0) is 25.5 Å². The highest BCUT2D eigenvalue weighted by atomic mass is 35.5. The molecule has 6 nitrogen and oxygen atoms in total. The van der Waals surface area contributed by atoms with Crippen LogP contribution in [0, 0.1) is 0 Å². The van der Waals surface area contributed by atoms with Gasteiger partial charge in [0.15, 0.2) is 0 Å². The number of ether oxygens (including phenoxy) is 1. The normalized spacial score (nSPS) is 28.6. The number of nitrogens with zero attached hydrogens (tertiary/aromatic N) is 2. The van der Waals surface area contributed by atoms with Gasteiger partial charge in [-0.1, -0.05) is 11.6 Å². The van der Waals surface area contributed by atoms with Crippen LogP contribution in [0.3, 0.4) is 0 Å². The summed E-state index contributed by atoms with van der Waals surface area (Å²) in [7, 11) is 0. The van der Waals surface area contributed by atoms with Crippen molar-refractivity contribution in [3.05, 3.63) is 23.4 Å². The molecule has 3 atom stereocenters. The molecular formula is C15H21ClN4O2. The van der Waals surface area contributed by atoms with Gasteiger partial charge in [-0.2, -0.15) is 0 Å². The van der Waals surface area contributed by atoms with Crippen LogP contribution in [0.15, 0.2) is 18.3 Å². The molecular weight excluding hydrogens is 304 g/mol. The largest absolute Gasteiger partial charge is 0.375 e. The zero-order valence-electron chi connectivity index (χ0n) is 12.6. The Balaban J connectivity index is 1.57. The monoisotopic (exact) mass is 324 g/mol. The summed E-state index contributed by atoms with van der Waals surface area (Å²) in [4.78, 5) is 18.8. The Bertz CT molecular complexity index is 542. The third-order valence-electron chi connectivity index (χ3n) is 4.17. The Hall–Kier alpha value is -1.37. The van der Waals surface area contributed by atoms with E-state index in [4.69, 9.17) is 16.3 Å². The first-order valence-electron chi connectivity index (χ1n) is 7.66. The van der Waals surface area contributed by atoms with E-state index in [1.807, 2.05) is 19.1 Å². The molecule has 1 aromatic heterocycles. The fraction of sp³-hybridized carbons (Fsp3) is 0.600. The molecule has 3 heterocycles. The van der Waals surface area contributed by atoms with Crippen LogP contribution in [-0.2, 0) is 9.53 Å². The molecule has 2 aliphatic heterocycles. The second kappa shape index (κ2) is 6.81. The number of halogens is 1. The van der Waals surface area contributed by atoms with Crippen LogP contribution < -0.4 is 15.5 Å². The minimum Gasteiger partial charge on any atom is -0.375 e. The highest BCUT2D eigenvalue weighted by Gasteiger charge is 2.32. The van der Waals surface area contributed by atoms with Crippen molar-refractivity contribution in [1.82, 2.24) is 15.6 Å². The molecule has 1 amide bonds. The smallest absolute Gasteiger partial charge is 0.240 e. The standard InChI is InChI=1S/C15H21ClN4O2/c1-10-13(17-6-8-22-10)15(21)19-11-4-7-20(9-11)14-12(16)3-2-5-18-14/h2-3,5,10-11,13,17H,4,6-9H2,1H3,(H,19,21)/t10-,11?,13+/m1/s1. The predicted molar refractivity (Wildman–Crippen MR) is 85.2 cm³/mol. The van der Waals surface area contributed by atoms with E-state index in [1.54, 1.807) is 6.20 Å². The van der Waals surface area contributed by atoms with Crippen molar-refractivity contribution in [2.24, 2.45) is 0 Å². The van der Waals surface area contributed by atoms with E-state index >= 15 is 0 Å². The minimum absolute atomic E-state index is 0.00571. The number of carbonyl (C=O) groups excluding carboxylic acids is 1. The van der Waals surface area contributed by atoms with Gasteiger partial charge in [0.25, 0.3) is 0 Å². The molecule has 2 N–H and O–H groups in total. The molecule has 2 fully saturated rings. The Labute approximate surface area is 135 Å². The number of pyridine rings is 1. The molecule has 2 aliphatic rings. The van der Waals surface area contributed by atoms with Gasteiger partial charge in [0.05, 0.1) is 17.7 Å².